The number of carbonyl (C=O) groups excluding carboxylic acids is 2. The lowest BCUT2D eigenvalue weighted by molar-refractivity contribution is -0.137. The second-order valence-corrected chi connectivity index (χ2v) is 7.00. The maximum absolute atomic E-state index is 12.8. The first-order valence-corrected chi connectivity index (χ1v) is 9.14. The lowest BCUT2D eigenvalue weighted by atomic mass is 10.00. The Labute approximate surface area is 164 Å². The first-order valence-electron chi connectivity index (χ1n) is 9.14. The van der Waals surface area contributed by atoms with Crippen LogP contribution in [0.25, 0.3) is 10.9 Å². The predicted octanol–water partition coefficient (Wildman–Crippen LogP) is 3.50. The van der Waals surface area contributed by atoms with Gasteiger partial charge in [-0.15, -0.1) is 0 Å². The highest BCUT2D eigenvalue weighted by Crippen LogP contribution is 2.31. The number of halogens is 3. The topological polar surface area (TPSA) is 65.2 Å². The Morgan fingerprint density at radius 2 is 1.83 bits per heavy atom. The van der Waals surface area contributed by atoms with Gasteiger partial charge in [-0.25, -0.2) is 0 Å². The number of benzene rings is 2. The zero-order valence-electron chi connectivity index (χ0n) is 15.3. The van der Waals surface area contributed by atoms with Crippen molar-refractivity contribution in [3.05, 3.63) is 70.9 Å². The third kappa shape index (κ3) is 3.96. The largest absolute Gasteiger partial charge is 0.416 e. The minimum atomic E-state index is -4.46. The van der Waals surface area contributed by atoms with Gasteiger partial charge in [0.1, 0.15) is 5.69 Å². The number of fused-ring (bicyclic) bond motifs is 2. The zero-order chi connectivity index (χ0) is 20.6. The van der Waals surface area contributed by atoms with Crippen molar-refractivity contribution in [3.63, 3.8) is 0 Å². The number of carbonyl (C=O) groups is 2. The molecule has 29 heavy (non-hydrogen) atoms. The molecule has 1 aromatic heterocycles. The van der Waals surface area contributed by atoms with E-state index in [0.29, 0.717) is 18.5 Å². The van der Waals surface area contributed by atoms with Gasteiger partial charge in [0.15, 0.2) is 0 Å². The number of alkyl halides is 3. The van der Waals surface area contributed by atoms with Gasteiger partial charge in [-0.3, -0.25) is 9.59 Å². The number of nitrogens with one attached hydrogen (secondary N) is 2. The minimum Gasteiger partial charge on any atom is -0.351 e. The molecule has 2 amide bonds. The van der Waals surface area contributed by atoms with Gasteiger partial charge in [0.25, 0.3) is 5.91 Å². The van der Waals surface area contributed by atoms with Crippen molar-refractivity contribution in [1.82, 2.24) is 15.2 Å². The van der Waals surface area contributed by atoms with E-state index in [-0.39, 0.29) is 23.7 Å². The van der Waals surface area contributed by atoms with Gasteiger partial charge in [0.2, 0.25) is 5.91 Å². The molecule has 4 rings (SSSR count). The lowest BCUT2D eigenvalue weighted by Crippen LogP contribution is -2.42. The van der Waals surface area contributed by atoms with E-state index in [1.807, 2.05) is 24.3 Å². The molecule has 0 radical (unpaired) electrons. The smallest absolute Gasteiger partial charge is 0.351 e. The van der Waals surface area contributed by atoms with Gasteiger partial charge < -0.3 is 15.2 Å². The van der Waals surface area contributed by atoms with Crippen molar-refractivity contribution >= 4 is 22.7 Å². The summed E-state index contributed by atoms with van der Waals surface area (Å²) in [7, 11) is 0. The van der Waals surface area contributed by atoms with Crippen LogP contribution in [0.15, 0.2) is 48.5 Å². The Morgan fingerprint density at radius 3 is 2.59 bits per heavy atom. The molecule has 2 aromatic carbocycles. The summed E-state index contributed by atoms with van der Waals surface area (Å²) in [6, 6.07) is 12.6. The Morgan fingerprint density at radius 1 is 1.07 bits per heavy atom. The highest BCUT2D eigenvalue weighted by molar-refractivity contribution is 5.99. The number of hydrogen-bond donors (Lipinski definition) is 2. The van der Waals surface area contributed by atoms with E-state index in [0.717, 1.165) is 24.1 Å². The summed E-state index contributed by atoms with van der Waals surface area (Å²) in [6.45, 7) is 0.903. The van der Waals surface area contributed by atoms with Crippen molar-refractivity contribution in [1.29, 1.82) is 0 Å². The summed E-state index contributed by atoms with van der Waals surface area (Å²) < 4.78 is 38.5. The third-order valence-electron chi connectivity index (χ3n) is 5.08. The fourth-order valence-electron chi connectivity index (χ4n) is 3.50. The van der Waals surface area contributed by atoms with Crippen molar-refractivity contribution in [3.8, 4) is 0 Å². The molecule has 0 atom stereocenters. The van der Waals surface area contributed by atoms with Gasteiger partial charge >= 0.3 is 6.18 Å². The van der Waals surface area contributed by atoms with Gasteiger partial charge in [0, 0.05) is 24.0 Å². The molecule has 0 aliphatic carbocycles. The SMILES string of the molecule is O=C(NCC(=O)N1CCc2ccccc2C1)c1cc2ccc(C(F)(F)F)cc2[nH]1. The molecule has 0 unspecified atom stereocenters. The summed E-state index contributed by atoms with van der Waals surface area (Å²) in [5, 5.41) is 3.03. The van der Waals surface area contributed by atoms with Gasteiger partial charge in [-0.2, -0.15) is 13.2 Å². The standard InChI is InChI=1S/C21H18F3N3O2/c22-21(23,24)16-6-5-14-9-18(26-17(14)10-16)20(29)25-11-19(28)27-8-7-13-3-1-2-4-15(13)12-27/h1-6,9-10,26H,7-8,11-12H2,(H,25,29). The van der Waals surface area contributed by atoms with Crippen LogP contribution in [0, 0.1) is 0 Å². The number of H-pyrrole nitrogens is 1. The van der Waals surface area contributed by atoms with Crippen molar-refractivity contribution in [2.45, 2.75) is 19.1 Å². The summed E-state index contributed by atoms with van der Waals surface area (Å²) >= 11 is 0. The monoisotopic (exact) mass is 401 g/mol. The number of hydrogen-bond acceptors (Lipinski definition) is 2. The maximum Gasteiger partial charge on any atom is 0.416 e. The molecule has 0 saturated carbocycles. The van der Waals surface area contributed by atoms with E-state index in [9.17, 15) is 22.8 Å². The Kier molecular flexibility index (Phi) is 4.77. The molecule has 0 saturated heterocycles. The fraction of sp³-hybridized carbons (Fsp3) is 0.238. The van der Waals surface area contributed by atoms with E-state index >= 15 is 0 Å². The molecule has 150 valence electrons. The van der Waals surface area contributed by atoms with E-state index in [1.54, 1.807) is 4.90 Å². The summed E-state index contributed by atoms with van der Waals surface area (Å²) in [5.41, 5.74) is 1.84. The van der Waals surface area contributed by atoms with E-state index < -0.39 is 17.6 Å². The second kappa shape index (κ2) is 7.27. The van der Waals surface area contributed by atoms with Crippen LogP contribution in [0.5, 0.6) is 0 Å². The number of amides is 2. The average Bonchev–Trinajstić information content (AvgIpc) is 3.14. The van der Waals surface area contributed by atoms with Crippen molar-refractivity contribution < 1.29 is 22.8 Å². The first-order chi connectivity index (χ1) is 13.8. The third-order valence-corrected chi connectivity index (χ3v) is 5.08. The highest BCUT2D eigenvalue weighted by atomic mass is 19.4. The van der Waals surface area contributed by atoms with Gasteiger partial charge in [-0.1, -0.05) is 30.3 Å². The fourth-order valence-corrected chi connectivity index (χ4v) is 3.50. The lowest BCUT2D eigenvalue weighted by Gasteiger charge is -2.28. The van der Waals surface area contributed by atoms with Gasteiger partial charge in [0.05, 0.1) is 12.1 Å². The van der Waals surface area contributed by atoms with Crippen LogP contribution >= 0.6 is 0 Å². The molecule has 1 aliphatic heterocycles. The highest BCUT2D eigenvalue weighted by Gasteiger charge is 2.30. The molecular weight excluding hydrogens is 383 g/mol. The number of rotatable bonds is 3. The number of nitrogens with zero attached hydrogens (tertiary/aromatic N) is 1. The van der Waals surface area contributed by atoms with Crippen LogP contribution in [-0.2, 0) is 23.9 Å². The molecule has 0 fully saturated rings. The first kappa shape index (κ1) is 19.0. The van der Waals surface area contributed by atoms with E-state index in [2.05, 4.69) is 10.3 Å². The maximum atomic E-state index is 12.8. The van der Waals surface area contributed by atoms with E-state index in [1.165, 1.54) is 17.7 Å². The number of aromatic amines is 1. The van der Waals surface area contributed by atoms with Crippen LogP contribution in [0.1, 0.15) is 27.2 Å². The zero-order valence-corrected chi connectivity index (χ0v) is 15.3. The normalized spacial score (nSPS) is 14.0. The average molecular weight is 401 g/mol. The molecular formula is C21H18F3N3O2. The Hall–Kier alpha value is -3.29. The second-order valence-electron chi connectivity index (χ2n) is 7.00. The van der Waals surface area contributed by atoms with Crippen LogP contribution in [-0.4, -0.2) is 34.8 Å². The molecule has 5 nitrogen and oxygen atoms in total. The summed E-state index contributed by atoms with van der Waals surface area (Å²) in [5.74, 6) is -0.746. The molecule has 0 bridgehead atoms. The van der Waals surface area contributed by atoms with Gasteiger partial charge in [-0.05, 0) is 35.7 Å². The summed E-state index contributed by atoms with van der Waals surface area (Å²) in [6.07, 6.45) is -3.69. The van der Waals surface area contributed by atoms with Crippen LogP contribution in [0.4, 0.5) is 13.2 Å². The Bertz CT molecular complexity index is 1090. The molecule has 3 aromatic rings. The molecule has 0 spiro atoms. The Balaban J connectivity index is 1.40. The minimum absolute atomic E-state index is 0.108. The summed E-state index contributed by atoms with van der Waals surface area (Å²) in [4.78, 5) is 29.2. The van der Waals surface area contributed by atoms with Crippen LogP contribution in [0.2, 0.25) is 0 Å². The molecule has 1 aliphatic rings. The van der Waals surface area contributed by atoms with E-state index in [4.69, 9.17) is 0 Å². The molecule has 8 heteroatoms. The van der Waals surface area contributed by atoms with Crippen LogP contribution < -0.4 is 5.32 Å². The van der Waals surface area contributed by atoms with Crippen molar-refractivity contribution in [2.75, 3.05) is 13.1 Å². The van der Waals surface area contributed by atoms with Crippen LogP contribution in [0.3, 0.4) is 0 Å². The quantitative estimate of drug-likeness (QED) is 0.706. The van der Waals surface area contributed by atoms with Crippen molar-refractivity contribution in [2.24, 2.45) is 0 Å². The number of aromatic nitrogens is 1. The predicted molar refractivity (Wildman–Crippen MR) is 101 cm³/mol. The molecule has 2 heterocycles. The molecule has 2 N–H and O–H groups in total.